The molecule has 0 fully saturated rings. The van der Waals surface area contributed by atoms with Crippen molar-refractivity contribution in [2.75, 3.05) is 39.6 Å². The van der Waals surface area contributed by atoms with E-state index in [0.29, 0.717) is 25.7 Å². The Labute approximate surface area is 644 Å². The van der Waals surface area contributed by atoms with Crippen LogP contribution in [0, 0.1) is 0 Å². The Balaban J connectivity index is 5.43. The van der Waals surface area contributed by atoms with E-state index in [0.717, 1.165) is 161 Å². The number of aliphatic hydroxyl groups is 1. The molecule has 0 aromatic carbocycles. The largest absolute Gasteiger partial charge is 0.472 e. The van der Waals surface area contributed by atoms with Gasteiger partial charge in [-0.25, -0.2) is 9.13 Å². The molecule has 2 unspecified atom stereocenters. The number of aliphatic hydroxyl groups excluding tert-OH is 1. The van der Waals surface area contributed by atoms with Gasteiger partial charge >= 0.3 is 39.5 Å². The second kappa shape index (κ2) is 78.3. The minimum Gasteiger partial charge on any atom is -0.462 e. The van der Waals surface area contributed by atoms with Gasteiger partial charge in [-0.15, -0.1) is 0 Å². The van der Waals surface area contributed by atoms with E-state index < -0.39 is 97.5 Å². The van der Waals surface area contributed by atoms with Gasteiger partial charge in [-0.1, -0.05) is 303 Å². The Morgan fingerprint density at radius 3 is 0.774 bits per heavy atom. The van der Waals surface area contributed by atoms with Crippen molar-refractivity contribution >= 4 is 39.5 Å². The van der Waals surface area contributed by atoms with E-state index in [-0.39, 0.29) is 25.7 Å². The predicted molar refractivity (Wildman–Crippen MR) is 436 cm³/mol. The van der Waals surface area contributed by atoms with Crippen LogP contribution in [0.2, 0.25) is 0 Å². The Morgan fingerprint density at radius 2 is 0.491 bits per heavy atom. The summed E-state index contributed by atoms with van der Waals surface area (Å²) < 4.78 is 68.7. The molecule has 0 radical (unpaired) electrons. The number of unbranched alkanes of at least 4 members (excludes halogenated alkanes) is 29. The molecule has 0 bridgehead atoms. The molecule has 0 saturated carbocycles. The van der Waals surface area contributed by atoms with E-state index in [2.05, 4.69) is 161 Å². The van der Waals surface area contributed by atoms with Gasteiger partial charge in [0.1, 0.15) is 19.3 Å². The lowest BCUT2D eigenvalue weighted by Gasteiger charge is -2.21. The summed E-state index contributed by atoms with van der Waals surface area (Å²) in [4.78, 5) is 73.1. The zero-order valence-electron chi connectivity index (χ0n) is 66.6. The minimum absolute atomic E-state index is 0.0543. The highest BCUT2D eigenvalue weighted by Crippen LogP contribution is 2.45. The third kappa shape index (κ3) is 77.4. The summed E-state index contributed by atoms with van der Waals surface area (Å²) in [5, 5.41) is 10.7. The molecule has 106 heavy (non-hydrogen) atoms. The lowest BCUT2D eigenvalue weighted by atomic mass is 10.0. The van der Waals surface area contributed by atoms with Crippen molar-refractivity contribution in [3.63, 3.8) is 0 Å². The number of esters is 4. The number of carbonyl (C=O) groups is 4. The van der Waals surface area contributed by atoms with Crippen LogP contribution in [-0.4, -0.2) is 96.7 Å². The maximum absolute atomic E-state index is 13.1. The monoisotopic (exact) mass is 1530 g/mol. The Morgan fingerprint density at radius 1 is 0.274 bits per heavy atom. The molecule has 0 saturated heterocycles. The predicted octanol–water partition coefficient (Wildman–Crippen LogP) is 24.4. The van der Waals surface area contributed by atoms with Crippen LogP contribution in [0.5, 0.6) is 0 Å². The average molecular weight is 1530 g/mol. The number of hydrogen-bond acceptors (Lipinski definition) is 15. The third-order valence-corrected chi connectivity index (χ3v) is 19.0. The molecule has 0 heterocycles. The lowest BCUT2D eigenvalue weighted by Crippen LogP contribution is -2.30. The van der Waals surface area contributed by atoms with Crippen LogP contribution in [-0.2, 0) is 65.4 Å². The van der Waals surface area contributed by atoms with Crippen molar-refractivity contribution in [1.29, 1.82) is 0 Å². The molecule has 0 aliphatic carbocycles. The molecule has 0 aromatic rings. The lowest BCUT2D eigenvalue weighted by molar-refractivity contribution is -0.161. The van der Waals surface area contributed by atoms with Crippen molar-refractivity contribution in [1.82, 2.24) is 0 Å². The summed E-state index contributed by atoms with van der Waals surface area (Å²) in [6.45, 7) is 4.59. The quantitative estimate of drug-likeness (QED) is 0.0169. The number of rotatable bonds is 77. The number of phosphoric ester groups is 2. The molecule has 608 valence electrons. The van der Waals surface area contributed by atoms with E-state index in [4.69, 9.17) is 37.0 Å². The van der Waals surface area contributed by atoms with Crippen molar-refractivity contribution < 1.29 is 80.2 Å². The maximum atomic E-state index is 13.1. The van der Waals surface area contributed by atoms with E-state index in [9.17, 15) is 43.2 Å². The van der Waals surface area contributed by atoms with Crippen LogP contribution >= 0.6 is 15.6 Å². The van der Waals surface area contributed by atoms with Crippen LogP contribution in [0.25, 0.3) is 0 Å². The van der Waals surface area contributed by atoms with Crippen molar-refractivity contribution in [2.24, 2.45) is 0 Å². The highest BCUT2D eigenvalue weighted by atomic mass is 31.2. The van der Waals surface area contributed by atoms with Gasteiger partial charge in [-0.2, -0.15) is 0 Å². The summed E-state index contributed by atoms with van der Waals surface area (Å²) in [5.74, 6) is -2.25. The highest BCUT2D eigenvalue weighted by Gasteiger charge is 2.30. The molecule has 0 aliphatic heterocycles. The number of allylic oxidation sites excluding steroid dienone is 22. The molecule has 17 nitrogen and oxygen atoms in total. The standard InChI is InChI=1S/C87H148O17P2/c1-5-9-13-17-21-25-29-33-36-38-40-42-45-48-52-56-60-64-68-72-85(90)98-78-83(103-86(91)73-69-65-61-57-53-49-44-35-31-27-23-19-15-11-7-3)80-102-106(95,96)100-76-81(88)75-99-105(93,94)101-79-82(77-97-84(89)71-67-63-59-55-51-47-32-28-24-20-16-12-8-4)104-87(92)74-70-66-62-58-54-50-46-43-41-39-37-34-30-26-22-18-14-10-6-2/h9-10,13-14,21-22,25-26,33-37,40-44,48,50,52,54,81-83,88H,5-8,11-12,15-20,23-24,27-32,38-39,45-47,49,51,53,55-80H2,1-4H3,(H,93,94)(H,95,96)/b13-9-,14-10-,25-21-,26-22-,36-33-,37-34-,42-40-,43-41-,44-35-,52-48-,54-50-/t81-,82+,83+/m0/s1. The Kier molecular flexibility index (Phi) is 74.8. The molecular formula is C87H148O17P2. The van der Waals surface area contributed by atoms with Crippen LogP contribution < -0.4 is 0 Å². The molecule has 0 spiro atoms. The Hall–Kier alpha value is -4.80. The van der Waals surface area contributed by atoms with Crippen LogP contribution in [0.4, 0.5) is 0 Å². The molecule has 0 rings (SSSR count). The summed E-state index contributed by atoms with van der Waals surface area (Å²) >= 11 is 0. The van der Waals surface area contributed by atoms with E-state index in [1.807, 2.05) is 0 Å². The zero-order valence-corrected chi connectivity index (χ0v) is 68.4. The zero-order chi connectivity index (χ0) is 77.4. The average Bonchev–Trinajstić information content (AvgIpc) is 0.902. The number of carbonyl (C=O) groups excluding carboxylic acids is 4. The van der Waals surface area contributed by atoms with Gasteiger partial charge in [-0.3, -0.25) is 37.3 Å². The van der Waals surface area contributed by atoms with Gasteiger partial charge in [-0.05, 0) is 141 Å². The van der Waals surface area contributed by atoms with Gasteiger partial charge in [0.25, 0.3) is 0 Å². The topological polar surface area (TPSA) is 237 Å². The normalized spacial score (nSPS) is 14.5. The molecule has 0 aliphatic rings. The fourth-order valence-electron chi connectivity index (χ4n) is 10.9. The number of ether oxygens (including phenoxy) is 4. The first-order valence-corrected chi connectivity index (χ1v) is 44.4. The first kappa shape index (κ1) is 101. The number of phosphoric acid groups is 2. The van der Waals surface area contributed by atoms with Gasteiger partial charge in [0.05, 0.1) is 26.4 Å². The van der Waals surface area contributed by atoms with E-state index in [1.165, 1.54) is 96.3 Å². The van der Waals surface area contributed by atoms with Gasteiger partial charge in [0.2, 0.25) is 0 Å². The summed E-state index contributed by atoms with van der Waals surface area (Å²) in [5.41, 5.74) is 0. The fourth-order valence-corrected chi connectivity index (χ4v) is 12.4. The minimum atomic E-state index is -4.99. The van der Waals surface area contributed by atoms with Crippen molar-refractivity contribution in [2.45, 2.75) is 354 Å². The third-order valence-electron chi connectivity index (χ3n) is 17.1. The van der Waals surface area contributed by atoms with Gasteiger partial charge < -0.3 is 33.8 Å². The molecular weight excluding hydrogens is 1380 g/mol. The van der Waals surface area contributed by atoms with Crippen molar-refractivity contribution in [3.05, 3.63) is 134 Å². The number of hydrogen-bond donors (Lipinski definition) is 3. The van der Waals surface area contributed by atoms with Crippen molar-refractivity contribution in [3.8, 4) is 0 Å². The molecule has 3 N–H and O–H groups in total. The second-order valence-corrected chi connectivity index (χ2v) is 30.2. The van der Waals surface area contributed by atoms with Gasteiger partial charge in [0, 0.05) is 25.7 Å². The first-order valence-electron chi connectivity index (χ1n) is 41.4. The smallest absolute Gasteiger partial charge is 0.462 e. The molecule has 19 heteroatoms. The highest BCUT2D eigenvalue weighted by molar-refractivity contribution is 7.47. The molecule has 0 aromatic heterocycles. The van der Waals surface area contributed by atoms with E-state index >= 15 is 0 Å². The second-order valence-electron chi connectivity index (χ2n) is 27.3. The molecule has 5 atom stereocenters. The van der Waals surface area contributed by atoms with Gasteiger partial charge in [0.15, 0.2) is 12.2 Å². The summed E-state index contributed by atoms with van der Waals surface area (Å²) in [6.07, 6.45) is 88.5. The van der Waals surface area contributed by atoms with Crippen LogP contribution in [0.15, 0.2) is 134 Å². The van der Waals surface area contributed by atoms with Crippen LogP contribution in [0.1, 0.15) is 336 Å². The molecule has 0 amide bonds. The Bertz CT molecular complexity index is 2530. The summed E-state index contributed by atoms with van der Waals surface area (Å²) in [6, 6.07) is 0. The maximum Gasteiger partial charge on any atom is 0.472 e. The SMILES string of the molecule is CC/C=C\C/C=C\C/C=C\C/C=C\C/C=C\CCCCCC(=O)OC[C@H](COP(=O)(O)OC[C@@H](O)COP(=O)(O)OC[C@@H](COC(=O)CCCCCCCCCCCCCCC)OC(=O)CCCCC/C=C\C/C=C\C/C=C\C/C=C\C/C=C\CC)OC(=O)CCCCCCC/C=C\CCCCCCCC. The summed E-state index contributed by atoms with van der Waals surface area (Å²) in [7, 11) is -9.99. The van der Waals surface area contributed by atoms with E-state index in [1.54, 1.807) is 0 Å². The van der Waals surface area contributed by atoms with Crippen LogP contribution in [0.3, 0.4) is 0 Å². The fraction of sp³-hybridized carbons (Fsp3) is 0.701. The first-order chi connectivity index (χ1) is 51.7.